The van der Waals surface area contributed by atoms with Crippen LogP contribution in [-0.4, -0.2) is 29.5 Å². The molecule has 1 atom stereocenters. The summed E-state index contributed by atoms with van der Waals surface area (Å²) in [6.45, 7) is 5.27. The maximum Gasteiger partial charge on any atom is 0.125 e. The van der Waals surface area contributed by atoms with Crippen LogP contribution in [0.3, 0.4) is 0 Å². The van der Waals surface area contributed by atoms with Gasteiger partial charge in [0.05, 0.1) is 5.69 Å². The summed E-state index contributed by atoms with van der Waals surface area (Å²) in [6.07, 6.45) is 0.957. The molecule has 1 unspecified atom stereocenters. The SMILES string of the molecule is Cc1cccc(C)c1OCC(O)CNCc1ccon1. The van der Waals surface area contributed by atoms with Gasteiger partial charge in [-0.15, -0.1) is 0 Å². The first-order valence-electron chi connectivity index (χ1n) is 6.64. The van der Waals surface area contributed by atoms with E-state index in [1.165, 1.54) is 6.26 Å². The summed E-state index contributed by atoms with van der Waals surface area (Å²) in [5, 5.41) is 16.8. The quantitative estimate of drug-likeness (QED) is 0.807. The molecule has 2 aromatic rings. The minimum Gasteiger partial charge on any atom is -0.490 e. The van der Waals surface area contributed by atoms with E-state index in [1.54, 1.807) is 6.07 Å². The zero-order valence-corrected chi connectivity index (χ0v) is 11.8. The monoisotopic (exact) mass is 276 g/mol. The van der Waals surface area contributed by atoms with Gasteiger partial charge in [0.15, 0.2) is 0 Å². The summed E-state index contributed by atoms with van der Waals surface area (Å²) >= 11 is 0. The van der Waals surface area contributed by atoms with Crippen LogP contribution in [0.5, 0.6) is 5.75 Å². The summed E-state index contributed by atoms with van der Waals surface area (Å²) in [5.74, 6) is 0.850. The number of aliphatic hydroxyl groups is 1. The van der Waals surface area contributed by atoms with Crippen LogP contribution in [0.25, 0.3) is 0 Å². The van der Waals surface area contributed by atoms with E-state index in [2.05, 4.69) is 10.5 Å². The Morgan fingerprint density at radius 3 is 2.70 bits per heavy atom. The molecule has 5 heteroatoms. The van der Waals surface area contributed by atoms with Gasteiger partial charge in [0.25, 0.3) is 0 Å². The summed E-state index contributed by atoms with van der Waals surface area (Å²) in [6, 6.07) is 7.77. The minimum atomic E-state index is -0.569. The highest BCUT2D eigenvalue weighted by molar-refractivity contribution is 5.39. The number of hydrogen-bond acceptors (Lipinski definition) is 5. The van der Waals surface area contributed by atoms with Crippen molar-refractivity contribution >= 4 is 0 Å². The first kappa shape index (κ1) is 14.6. The van der Waals surface area contributed by atoms with Crippen molar-refractivity contribution < 1.29 is 14.4 Å². The molecule has 5 nitrogen and oxygen atoms in total. The molecule has 2 N–H and O–H groups in total. The van der Waals surface area contributed by atoms with Gasteiger partial charge in [0.1, 0.15) is 24.7 Å². The molecule has 1 aromatic carbocycles. The van der Waals surface area contributed by atoms with Crippen molar-refractivity contribution in [3.63, 3.8) is 0 Å². The minimum absolute atomic E-state index is 0.261. The Hall–Kier alpha value is -1.85. The Balaban J connectivity index is 1.73. The lowest BCUT2D eigenvalue weighted by Crippen LogP contribution is -2.31. The van der Waals surface area contributed by atoms with Gasteiger partial charge in [0.2, 0.25) is 0 Å². The lowest BCUT2D eigenvalue weighted by Gasteiger charge is -2.15. The third-order valence-electron chi connectivity index (χ3n) is 3.01. The molecule has 0 saturated carbocycles. The molecule has 0 fully saturated rings. The van der Waals surface area contributed by atoms with E-state index in [1.807, 2.05) is 32.0 Å². The highest BCUT2D eigenvalue weighted by Crippen LogP contribution is 2.22. The van der Waals surface area contributed by atoms with Gasteiger partial charge in [-0.2, -0.15) is 0 Å². The second-order valence-electron chi connectivity index (χ2n) is 4.81. The first-order valence-corrected chi connectivity index (χ1v) is 6.64. The maximum absolute atomic E-state index is 9.89. The first-order chi connectivity index (χ1) is 9.66. The van der Waals surface area contributed by atoms with Crippen molar-refractivity contribution in [2.24, 2.45) is 0 Å². The van der Waals surface area contributed by atoms with E-state index in [-0.39, 0.29) is 6.61 Å². The van der Waals surface area contributed by atoms with Crippen LogP contribution in [0, 0.1) is 13.8 Å². The van der Waals surface area contributed by atoms with Crippen molar-refractivity contribution in [2.45, 2.75) is 26.5 Å². The van der Waals surface area contributed by atoms with Crippen molar-refractivity contribution in [3.8, 4) is 5.75 Å². The molecule has 0 aliphatic heterocycles. The number of benzene rings is 1. The zero-order chi connectivity index (χ0) is 14.4. The number of aromatic nitrogens is 1. The van der Waals surface area contributed by atoms with Crippen molar-refractivity contribution in [2.75, 3.05) is 13.2 Å². The normalized spacial score (nSPS) is 12.3. The number of hydrogen-bond donors (Lipinski definition) is 2. The molecule has 0 radical (unpaired) electrons. The molecular weight excluding hydrogens is 256 g/mol. The fourth-order valence-electron chi connectivity index (χ4n) is 1.96. The molecular formula is C15H20N2O3. The Labute approximate surface area is 118 Å². The van der Waals surface area contributed by atoms with Crippen LogP contribution >= 0.6 is 0 Å². The predicted octanol–water partition coefficient (Wildman–Crippen LogP) is 1.82. The molecule has 0 spiro atoms. The Bertz CT molecular complexity index is 506. The van der Waals surface area contributed by atoms with Gasteiger partial charge in [-0.25, -0.2) is 0 Å². The highest BCUT2D eigenvalue weighted by Gasteiger charge is 2.08. The molecule has 2 rings (SSSR count). The Morgan fingerprint density at radius 2 is 2.05 bits per heavy atom. The van der Waals surface area contributed by atoms with E-state index in [0.717, 1.165) is 22.6 Å². The van der Waals surface area contributed by atoms with Gasteiger partial charge in [-0.3, -0.25) is 0 Å². The molecule has 0 bridgehead atoms. The maximum atomic E-state index is 9.89. The van der Waals surface area contributed by atoms with Crippen LogP contribution in [0.4, 0.5) is 0 Å². The van der Waals surface area contributed by atoms with Crippen molar-refractivity contribution in [3.05, 3.63) is 47.3 Å². The molecule has 1 heterocycles. The lowest BCUT2D eigenvalue weighted by atomic mass is 10.1. The molecule has 20 heavy (non-hydrogen) atoms. The van der Waals surface area contributed by atoms with Crippen LogP contribution < -0.4 is 10.1 Å². The fraction of sp³-hybridized carbons (Fsp3) is 0.400. The van der Waals surface area contributed by atoms with Gasteiger partial charge in [-0.1, -0.05) is 23.4 Å². The largest absolute Gasteiger partial charge is 0.490 e. The standard InChI is InChI=1S/C15H20N2O3/c1-11-4-3-5-12(2)15(11)19-10-14(18)9-16-8-13-6-7-20-17-13/h3-7,14,16,18H,8-10H2,1-2H3. The van der Waals surface area contributed by atoms with Crippen LogP contribution in [0.15, 0.2) is 35.1 Å². The molecule has 0 saturated heterocycles. The topological polar surface area (TPSA) is 67.5 Å². The number of para-hydroxylation sites is 1. The van der Waals surface area contributed by atoms with Crippen molar-refractivity contribution in [1.82, 2.24) is 10.5 Å². The number of aryl methyl sites for hydroxylation is 2. The van der Waals surface area contributed by atoms with Gasteiger partial charge in [-0.05, 0) is 25.0 Å². The average molecular weight is 276 g/mol. The van der Waals surface area contributed by atoms with Gasteiger partial charge >= 0.3 is 0 Å². The van der Waals surface area contributed by atoms with E-state index < -0.39 is 6.10 Å². The van der Waals surface area contributed by atoms with Gasteiger partial charge in [0, 0.05) is 19.2 Å². The van der Waals surface area contributed by atoms with Crippen LogP contribution in [0.2, 0.25) is 0 Å². The van der Waals surface area contributed by atoms with E-state index >= 15 is 0 Å². The average Bonchev–Trinajstić information content (AvgIpc) is 2.91. The Kier molecular flexibility index (Phi) is 5.15. The molecule has 0 aliphatic carbocycles. The van der Waals surface area contributed by atoms with E-state index in [0.29, 0.717) is 13.1 Å². The summed E-state index contributed by atoms with van der Waals surface area (Å²) in [5.41, 5.74) is 2.97. The van der Waals surface area contributed by atoms with Crippen LogP contribution in [0.1, 0.15) is 16.8 Å². The lowest BCUT2D eigenvalue weighted by molar-refractivity contribution is 0.105. The second-order valence-corrected chi connectivity index (χ2v) is 4.81. The zero-order valence-electron chi connectivity index (χ0n) is 11.8. The third kappa shape index (κ3) is 4.08. The highest BCUT2D eigenvalue weighted by atomic mass is 16.5. The number of ether oxygens (including phenoxy) is 1. The predicted molar refractivity (Wildman–Crippen MR) is 75.6 cm³/mol. The third-order valence-corrected chi connectivity index (χ3v) is 3.01. The number of nitrogens with zero attached hydrogens (tertiary/aromatic N) is 1. The van der Waals surface area contributed by atoms with E-state index in [4.69, 9.17) is 9.26 Å². The van der Waals surface area contributed by atoms with E-state index in [9.17, 15) is 5.11 Å². The second kappa shape index (κ2) is 7.07. The summed E-state index contributed by atoms with van der Waals surface area (Å²) in [7, 11) is 0. The smallest absolute Gasteiger partial charge is 0.125 e. The van der Waals surface area contributed by atoms with Gasteiger partial charge < -0.3 is 19.7 Å². The fourth-order valence-corrected chi connectivity index (χ4v) is 1.96. The summed E-state index contributed by atoms with van der Waals surface area (Å²) in [4.78, 5) is 0. The molecule has 0 aliphatic rings. The molecule has 1 aromatic heterocycles. The molecule has 108 valence electrons. The summed E-state index contributed by atoms with van der Waals surface area (Å²) < 4.78 is 10.4. The number of rotatable bonds is 7. The van der Waals surface area contributed by atoms with Crippen molar-refractivity contribution in [1.29, 1.82) is 0 Å². The number of aliphatic hydroxyl groups excluding tert-OH is 1. The Morgan fingerprint density at radius 1 is 1.30 bits per heavy atom. The van der Waals surface area contributed by atoms with Crippen LogP contribution in [-0.2, 0) is 6.54 Å². The molecule has 0 amide bonds. The number of nitrogens with one attached hydrogen (secondary N) is 1.